The third-order valence-corrected chi connectivity index (χ3v) is 6.47. The summed E-state index contributed by atoms with van der Waals surface area (Å²) in [5.74, 6) is 0. The lowest BCUT2D eigenvalue weighted by Gasteiger charge is -2.09. The molecule has 0 aliphatic carbocycles. The second-order valence-electron chi connectivity index (χ2n) is 5.51. The first-order valence-corrected chi connectivity index (χ1v) is 9.76. The summed E-state index contributed by atoms with van der Waals surface area (Å²) in [6.07, 6.45) is 0. The average Bonchev–Trinajstić information content (AvgIpc) is 3.33. The fourth-order valence-corrected chi connectivity index (χ4v) is 5.24. The van der Waals surface area contributed by atoms with Crippen molar-refractivity contribution in [2.24, 2.45) is 0 Å². The van der Waals surface area contributed by atoms with Gasteiger partial charge in [-0.25, -0.2) is 0 Å². The van der Waals surface area contributed by atoms with E-state index in [0.29, 0.717) is 22.2 Å². The van der Waals surface area contributed by atoms with Gasteiger partial charge in [0.15, 0.2) is 0 Å². The molecule has 0 saturated heterocycles. The number of hydrogen-bond donors (Lipinski definition) is 0. The van der Waals surface area contributed by atoms with Gasteiger partial charge in [0.25, 0.3) is 0 Å². The minimum absolute atomic E-state index is 0.380. The molecule has 7 heteroatoms. The normalized spacial score (nSPS) is 10.7. The molecule has 1 aromatic carbocycles. The molecule has 0 unspecified atom stereocenters. The molecule has 0 atom stereocenters. The smallest absolute Gasteiger partial charge is 0.115 e. The molecular formula is C18H10N4S3. The summed E-state index contributed by atoms with van der Waals surface area (Å²) in [7, 11) is 0. The maximum Gasteiger partial charge on any atom is 0.115 e. The van der Waals surface area contributed by atoms with E-state index < -0.39 is 0 Å². The van der Waals surface area contributed by atoms with Crippen molar-refractivity contribution in [3.05, 3.63) is 45.1 Å². The van der Waals surface area contributed by atoms with Crippen LogP contribution in [0.3, 0.4) is 0 Å². The highest BCUT2D eigenvalue weighted by Crippen LogP contribution is 2.43. The van der Waals surface area contributed by atoms with Crippen molar-refractivity contribution in [2.75, 3.05) is 0 Å². The molecule has 0 N–H and O–H groups in total. The molecule has 25 heavy (non-hydrogen) atoms. The van der Waals surface area contributed by atoms with Crippen LogP contribution in [0.5, 0.6) is 0 Å². The van der Waals surface area contributed by atoms with Crippen LogP contribution in [0.25, 0.3) is 31.9 Å². The van der Waals surface area contributed by atoms with E-state index in [1.165, 1.54) is 0 Å². The maximum absolute atomic E-state index is 9.83. The number of benzene rings is 1. The lowest BCUT2D eigenvalue weighted by atomic mass is 9.93. The number of aromatic nitrogens is 2. The summed E-state index contributed by atoms with van der Waals surface area (Å²) in [5.41, 5.74) is 3.60. The van der Waals surface area contributed by atoms with Gasteiger partial charge in [0.2, 0.25) is 0 Å². The third kappa shape index (κ3) is 2.45. The minimum atomic E-state index is 0.380. The van der Waals surface area contributed by atoms with Gasteiger partial charge in [-0.05, 0) is 38.1 Å². The molecule has 3 heterocycles. The highest BCUT2D eigenvalue weighted by atomic mass is 32.1. The van der Waals surface area contributed by atoms with Crippen LogP contribution in [0.1, 0.15) is 20.9 Å². The van der Waals surface area contributed by atoms with Crippen molar-refractivity contribution in [1.82, 2.24) is 8.75 Å². The zero-order chi connectivity index (χ0) is 17.6. The molecule has 4 nitrogen and oxygen atoms in total. The molecule has 0 bridgehead atoms. The number of nitrogens with zero attached hydrogens (tertiary/aromatic N) is 4. The van der Waals surface area contributed by atoms with Crippen LogP contribution in [-0.2, 0) is 0 Å². The molecule has 0 radical (unpaired) electrons. The van der Waals surface area contributed by atoms with Crippen LogP contribution in [0.15, 0.2) is 24.3 Å². The molecular weight excluding hydrogens is 368 g/mol. The topological polar surface area (TPSA) is 73.4 Å². The van der Waals surface area contributed by atoms with E-state index in [-0.39, 0.29) is 0 Å². The fraction of sp³-hybridized carbons (Fsp3) is 0.111. The van der Waals surface area contributed by atoms with Gasteiger partial charge in [-0.2, -0.15) is 19.3 Å². The molecule has 0 amide bonds. The Morgan fingerprint density at radius 2 is 1.20 bits per heavy atom. The van der Waals surface area contributed by atoms with Crippen LogP contribution < -0.4 is 0 Å². The second kappa shape index (κ2) is 6.05. The number of hydrogen-bond acceptors (Lipinski definition) is 7. The van der Waals surface area contributed by atoms with E-state index in [1.54, 1.807) is 22.7 Å². The average molecular weight is 379 g/mol. The van der Waals surface area contributed by atoms with Gasteiger partial charge in [0, 0.05) is 30.6 Å². The first kappa shape index (κ1) is 15.9. The molecule has 120 valence electrons. The van der Waals surface area contributed by atoms with Crippen LogP contribution in [-0.4, -0.2) is 8.75 Å². The quantitative estimate of drug-likeness (QED) is 0.461. The van der Waals surface area contributed by atoms with E-state index in [9.17, 15) is 10.5 Å². The van der Waals surface area contributed by atoms with Crippen LogP contribution in [0, 0.1) is 36.5 Å². The Labute approximate surface area is 156 Å². The Morgan fingerprint density at radius 1 is 0.760 bits per heavy atom. The van der Waals surface area contributed by atoms with Crippen molar-refractivity contribution in [3.63, 3.8) is 0 Å². The zero-order valence-electron chi connectivity index (χ0n) is 13.3. The van der Waals surface area contributed by atoms with Crippen molar-refractivity contribution in [3.8, 4) is 33.0 Å². The van der Waals surface area contributed by atoms with E-state index in [0.717, 1.165) is 42.4 Å². The first-order chi connectivity index (χ1) is 12.1. The first-order valence-electron chi connectivity index (χ1n) is 7.40. The van der Waals surface area contributed by atoms with Gasteiger partial charge in [-0.1, -0.05) is 0 Å². The van der Waals surface area contributed by atoms with E-state index in [1.807, 2.05) is 38.1 Å². The molecule has 3 aromatic heterocycles. The molecule has 4 rings (SSSR count). The predicted molar refractivity (Wildman–Crippen MR) is 103 cm³/mol. The molecule has 0 aliphatic heterocycles. The Hall–Kier alpha value is -2.58. The van der Waals surface area contributed by atoms with Gasteiger partial charge < -0.3 is 0 Å². The number of fused-ring (bicyclic) bond motifs is 1. The number of rotatable bonds is 2. The maximum atomic E-state index is 9.83. The molecule has 0 fully saturated rings. The summed E-state index contributed by atoms with van der Waals surface area (Å²) in [6, 6.07) is 12.5. The van der Waals surface area contributed by atoms with Crippen LogP contribution in [0.4, 0.5) is 0 Å². The predicted octanol–water partition coefficient (Wildman–Crippen LogP) is 5.51. The van der Waals surface area contributed by atoms with Crippen molar-refractivity contribution < 1.29 is 0 Å². The van der Waals surface area contributed by atoms with Crippen molar-refractivity contribution in [1.29, 1.82) is 10.5 Å². The largest absolute Gasteiger partial charge is 0.192 e. The summed E-state index contributed by atoms with van der Waals surface area (Å²) >= 11 is 4.30. The van der Waals surface area contributed by atoms with Gasteiger partial charge in [0.05, 0.1) is 22.9 Å². The number of nitriles is 2. The van der Waals surface area contributed by atoms with Gasteiger partial charge in [-0.3, -0.25) is 0 Å². The Balaban J connectivity index is 2.19. The summed E-state index contributed by atoms with van der Waals surface area (Å²) in [6.45, 7) is 4.04. The van der Waals surface area contributed by atoms with E-state index in [4.69, 9.17) is 0 Å². The second-order valence-corrected chi connectivity index (χ2v) is 8.61. The Bertz CT molecular complexity index is 1110. The Kier molecular flexibility index (Phi) is 3.85. The molecule has 4 aromatic rings. The zero-order valence-corrected chi connectivity index (χ0v) is 15.8. The molecule has 0 spiro atoms. The molecule has 0 saturated carbocycles. The van der Waals surface area contributed by atoms with Crippen molar-refractivity contribution in [2.45, 2.75) is 13.8 Å². The van der Waals surface area contributed by atoms with Gasteiger partial charge >= 0.3 is 0 Å². The lowest BCUT2D eigenvalue weighted by molar-refractivity contribution is 1.44. The number of thiophene rings is 2. The third-order valence-electron chi connectivity index (χ3n) is 3.91. The van der Waals surface area contributed by atoms with Gasteiger partial charge in [-0.15, -0.1) is 22.7 Å². The summed E-state index contributed by atoms with van der Waals surface area (Å²) in [5, 5.41) is 19.7. The minimum Gasteiger partial charge on any atom is -0.192 e. The lowest BCUT2D eigenvalue weighted by Crippen LogP contribution is -1.95. The number of aryl methyl sites for hydroxylation is 2. The van der Waals surface area contributed by atoms with E-state index >= 15 is 0 Å². The standard InChI is InChI=1S/C18H10N4S3/c1-9-3-5-13(23-9)15-11(7-19)12(8-20)16(14-6-4-10(2)24-14)18-17(15)21-25-22-18/h3-6H,1-2H3. The van der Waals surface area contributed by atoms with Crippen LogP contribution in [0.2, 0.25) is 0 Å². The van der Waals surface area contributed by atoms with Crippen LogP contribution >= 0.6 is 34.4 Å². The highest BCUT2D eigenvalue weighted by molar-refractivity contribution is 7.16. The summed E-state index contributed by atoms with van der Waals surface area (Å²) < 4.78 is 8.93. The highest BCUT2D eigenvalue weighted by Gasteiger charge is 2.25. The fourth-order valence-electron chi connectivity index (χ4n) is 2.84. The monoisotopic (exact) mass is 378 g/mol. The van der Waals surface area contributed by atoms with Crippen molar-refractivity contribution >= 4 is 45.4 Å². The Morgan fingerprint density at radius 3 is 1.52 bits per heavy atom. The molecule has 0 aliphatic rings. The SMILES string of the molecule is Cc1ccc(-c2c(C#N)c(C#N)c(-c3ccc(C)s3)c3nsnc23)s1. The van der Waals surface area contributed by atoms with Gasteiger partial charge in [0.1, 0.15) is 23.2 Å². The van der Waals surface area contributed by atoms with E-state index in [2.05, 4.69) is 20.9 Å². The summed E-state index contributed by atoms with van der Waals surface area (Å²) in [4.78, 5) is 4.17.